The summed E-state index contributed by atoms with van der Waals surface area (Å²) in [5.41, 5.74) is 0.851. The van der Waals surface area contributed by atoms with E-state index in [0.717, 1.165) is 5.56 Å². The molecule has 1 heterocycles. The van der Waals surface area contributed by atoms with Crippen molar-refractivity contribution in [2.75, 3.05) is 6.54 Å². The number of sulfonamides is 1. The van der Waals surface area contributed by atoms with E-state index in [1.54, 1.807) is 29.6 Å². The van der Waals surface area contributed by atoms with Crippen molar-refractivity contribution in [1.29, 1.82) is 0 Å². The molecule has 0 aliphatic carbocycles. The molecule has 0 aliphatic rings. The Kier molecular flexibility index (Phi) is 5.50. The van der Waals surface area contributed by atoms with Crippen LogP contribution in [-0.4, -0.2) is 15.0 Å². The molecule has 2 aromatic rings. The van der Waals surface area contributed by atoms with Gasteiger partial charge in [-0.1, -0.05) is 29.3 Å². The molecule has 1 aromatic heterocycles. The predicted octanol–water partition coefficient (Wildman–Crippen LogP) is 4.34. The Morgan fingerprint density at radius 2 is 2.00 bits per heavy atom. The molecule has 1 N–H and O–H groups in total. The molecule has 108 valence electrons. The molecule has 0 aliphatic heterocycles. The van der Waals surface area contributed by atoms with Crippen LogP contribution in [0.25, 0.3) is 0 Å². The molecule has 0 atom stereocenters. The zero-order chi connectivity index (χ0) is 14.8. The average Bonchev–Trinajstić information content (AvgIpc) is 2.79. The van der Waals surface area contributed by atoms with Crippen molar-refractivity contribution in [2.45, 2.75) is 10.6 Å². The maximum Gasteiger partial charge on any atom is 0.251 e. The van der Waals surface area contributed by atoms with Gasteiger partial charge in [0.25, 0.3) is 10.0 Å². The molecule has 3 nitrogen and oxygen atoms in total. The standard InChI is InChI=1S/C12H10BrCl2NO2S2/c13-10-4-6-19-12(10)20(17,18)16-5-3-8-1-2-9(14)7-11(8)15/h1-2,4,6-7,16H,3,5H2. The van der Waals surface area contributed by atoms with E-state index in [1.165, 1.54) is 11.3 Å². The number of hydrogen-bond donors (Lipinski definition) is 1. The lowest BCUT2D eigenvalue weighted by Crippen LogP contribution is -2.25. The summed E-state index contributed by atoms with van der Waals surface area (Å²) in [4.78, 5) is 0. The third kappa shape index (κ3) is 3.96. The zero-order valence-electron chi connectivity index (χ0n) is 10.1. The summed E-state index contributed by atoms with van der Waals surface area (Å²) in [5.74, 6) is 0. The second-order valence-corrected chi connectivity index (χ2v) is 8.52. The first kappa shape index (κ1) is 16.3. The van der Waals surface area contributed by atoms with E-state index in [0.29, 0.717) is 20.9 Å². The number of hydrogen-bond acceptors (Lipinski definition) is 3. The minimum atomic E-state index is -3.49. The predicted molar refractivity (Wildman–Crippen MR) is 87.4 cm³/mol. The van der Waals surface area contributed by atoms with Gasteiger partial charge in [0, 0.05) is 21.1 Å². The van der Waals surface area contributed by atoms with Gasteiger partial charge in [-0.25, -0.2) is 13.1 Å². The van der Waals surface area contributed by atoms with Gasteiger partial charge in [0.05, 0.1) is 0 Å². The van der Waals surface area contributed by atoms with Crippen molar-refractivity contribution >= 4 is 60.5 Å². The van der Waals surface area contributed by atoms with Gasteiger partial charge in [-0.15, -0.1) is 11.3 Å². The van der Waals surface area contributed by atoms with Crippen molar-refractivity contribution in [1.82, 2.24) is 4.72 Å². The normalized spacial score (nSPS) is 11.8. The largest absolute Gasteiger partial charge is 0.251 e. The molecule has 0 spiro atoms. The van der Waals surface area contributed by atoms with Gasteiger partial charge in [-0.2, -0.15) is 0 Å². The van der Waals surface area contributed by atoms with E-state index in [4.69, 9.17) is 23.2 Å². The van der Waals surface area contributed by atoms with Crippen LogP contribution in [0.4, 0.5) is 0 Å². The first-order valence-corrected chi connectivity index (χ1v) is 9.48. The number of benzene rings is 1. The third-order valence-electron chi connectivity index (χ3n) is 2.53. The smallest absolute Gasteiger partial charge is 0.210 e. The molecule has 2 rings (SSSR count). The molecule has 0 saturated heterocycles. The van der Waals surface area contributed by atoms with Crippen molar-refractivity contribution < 1.29 is 8.42 Å². The highest BCUT2D eigenvalue weighted by atomic mass is 79.9. The fourth-order valence-electron chi connectivity index (χ4n) is 1.58. The summed E-state index contributed by atoms with van der Waals surface area (Å²) in [5, 5.41) is 2.81. The topological polar surface area (TPSA) is 46.2 Å². The number of thiophene rings is 1. The van der Waals surface area contributed by atoms with Gasteiger partial charge in [0.1, 0.15) is 4.21 Å². The molecule has 0 saturated carbocycles. The summed E-state index contributed by atoms with van der Waals surface area (Å²) in [6.07, 6.45) is 0.498. The van der Waals surface area contributed by atoms with Crippen molar-refractivity contribution in [2.24, 2.45) is 0 Å². The van der Waals surface area contributed by atoms with Crippen LogP contribution in [0.15, 0.2) is 38.3 Å². The van der Waals surface area contributed by atoms with Gasteiger partial charge in [0.15, 0.2) is 0 Å². The maximum absolute atomic E-state index is 12.1. The van der Waals surface area contributed by atoms with E-state index in [1.807, 2.05) is 0 Å². The monoisotopic (exact) mass is 413 g/mol. The fourth-order valence-corrected chi connectivity index (χ4v) is 5.50. The molecule has 0 radical (unpaired) electrons. The Bertz CT molecular complexity index is 716. The Morgan fingerprint density at radius 1 is 1.25 bits per heavy atom. The minimum Gasteiger partial charge on any atom is -0.210 e. The highest BCUT2D eigenvalue weighted by Gasteiger charge is 2.18. The van der Waals surface area contributed by atoms with Crippen LogP contribution in [0.5, 0.6) is 0 Å². The van der Waals surface area contributed by atoms with Crippen LogP contribution in [0, 0.1) is 0 Å². The lowest BCUT2D eigenvalue weighted by atomic mass is 10.1. The molecule has 0 amide bonds. The molecular formula is C12H10BrCl2NO2S2. The maximum atomic E-state index is 12.1. The minimum absolute atomic E-state index is 0.272. The quantitative estimate of drug-likeness (QED) is 0.790. The van der Waals surface area contributed by atoms with Gasteiger partial charge < -0.3 is 0 Å². The summed E-state index contributed by atoms with van der Waals surface area (Å²) in [6.45, 7) is 0.272. The highest BCUT2D eigenvalue weighted by Crippen LogP contribution is 2.27. The van der Waals surface area contributed by atoms with Crippen molar-refractivity contribution in [3.63, 3.8) is 0 Å². The van der Waals surface area contributed by atoms with Crippen LogP contribution < -0.4 is 4.72 Å². The van der Waals surface area contributed by atoms with Crippen LogP contribution in [-0.2, 0) is 16.4 Å². The van der Waals surface area contributed by atoms with Crippen LogP contribution in [0.1, 0.15) is 5.56 Å². The van der Waals surface area contributed by atoms with Crippen molar-refractivity contribution in [3.8, 4) is 0 Å². The molecule has 0 bridgehead atoms. The first-order valence-electron chi connectivity index (χ1n) is 5.57. The van der Waals surface area contributed by atoms with Crippen LogP contribution in [0.3, 0.4) is 0 Å². The molecule has 1 aromatic carbocycles. The molecular weight excluding hydrogens is 405 g/mol. The Balaban J connectivity index is 2.01. The van der Waals surface area contributed by atoms with Gasteiger partial charge in [-0.3, -0.25) is 0 Å². The van der Waals surface area contributed by atoms with Crippen LogP contribution >= 0.6 is 50.5 Å². The van der Waals surface area contributed by atoms with Gasteiger partial charge in [0.2, 0.25) is 0 Å². The lowest BCUT2D eigenvalue weighted by molar-refractivity contribution is 0.583. The third-order valence-corrected chi connectivity index (χ3v) is 7.25. The van der Waals surface area contributed by atoms with Crippen LogP contribution in [0.2, 0.25) is 10.0 Å². The molecule has 8 heteroatoms. The van der Waals surface area contributed by atoms with E-state index in [2.05, 4.69) is 20.7 Å². The van der Waals surface area contributed by atoms with Gasteiger partial charge >= 0.3 is 0 Å². The van der Waals surface area contributed by atoms with E-state index < -0.39 is 10.0 Å². The Labute approximate surface area is 140 Å². The number of halogens is 3. The second kappa shape index (κ2) is 6.77. The average molecular weight is 415 g/mol. The second-order valence-electron chi connectivity index (χ2n) is 3.94. The fraction of sp³-hybridized carbons (Fsp3) is 0.167. The first-order chi connectivity index (χ1) is 9.40. The SMILES string of the molecule is O=S(=O)(NCCc1ccc(Cl)cc1Cl)c1sccc1Br. The summed E-state index contributed by atoms with van der Waals surface area (Å²) < 4.78 is 27.5. The number of nitrogens with one attached hydrogen (secondary N) is 1. The van der Waals surface area contributed by atoms with E-state index in [9.17, 15) is 8.42 Å². The van der Waals surface area contributed by atoms with E-state index >= 15 is 0 Å². The van der Waals surface area contributed by atoms with Gasteiger partial charge in [-0.05, 0) is 51.5 Å². The molecule has 0 fully saturated rings. The highest BCUT2D eigenvalue weighted by molar-refractivity contribution is 9.10. The number of rotatable bonds is 5. The van der Waals surface area contributed by atoms with E-state index in [-0.39, 0.29) is 10.8 Å². The zero-order valence-corrected chi connectivity index (χ0v) is 14.8. The van der Waals surface area contributed by atoms with Crippen molar-refractivity contribution in [3.05, 3.63) is 49.7 Å². The summed E-state index contributed by atoms with van der Waals surface area (Å²) in [7, 11) is -3.49. The lowest BCUT2D eigenvalue weighted by Gasteiger charge is -2.07. The summed E-state index contributed by atoms with van der Waals surface area (Å²) in [6, 6.07) is 6.87. The summed E-state index contributed by atoms with van der Waals surface area (Å²) >= 11 is 16.2. The molecule has 20 heavy (non-hydrogen) atoms. The Hall–Kier alpha value is -0.110. The Morgan fingerprint density at radius 3 is 2.60 bits per heavy atom. The molecule has 0 unspecified atom stereocenters.